The van der Waals surface area contributed by atoms with Gasteiger partial charge in [0.15, 0.2) is 0 Å². The van der Waals surface area contributed by atoms with E-state index < -0.39 is 0 Å². The number of hydrogen-bond donors (Lipinski definition) is 0. The maximum atomic E-state index is 2.40. The van der Waals surface area contributed by atoms with Gasteiger partial charge in [0.2, 0.25) is 0 Å². The van der Waals surface area contributed by atoms with E-state index in [0.29, 0.717) is 0 Å². The minimum atomic E-state index is 1.24. The van der Waals surface area contributed by atoms with Crippen LogP contribution in [0.5, 0.6) is 0 Å². The van der Waals surface area contributed by atoms with E-state index in [-0.39, 0.29) is 0 Å². The van der Waals surface area contributed by atoms with Crippen LogP contribution in [0.25, 0.3) is 106 Å². The molecule has 232 valence electrons. The quantitative estimate of drug-likeness (QED) is 0.176. The van der Waals surface area contributed by atoms with Crippen LogP contribution in [0.4, 0.5) is 0 Å². The maximum Gasteiger partial charge on any atom is 0.0542 e. The van der Waals surface area contributed by atoms with Crippen LogP contribution >= 0.6 is 22.7 Å². The fourth-order valence-corrected chi connectivity index (χ4v) is 10.4. The number of rotatable bonds is 3. The third-order valence-corrected chi connectivity index (χ3v) is 12.9. The Morgan fingerprint density at radius 1 is 0.240 bits per heavy atom. The zero-order chi connectivity index (χ0) is 32.8. The molecule has 2 heterocycles. The molecule has 0 N–H and O–H groups in total. The van der Waals surface area contributed by atoms with Crippen LogP contribution in [-0.4, -0.2) is 0 Å². The highest BCUT2D eigenvalue weighted by Gasteiger charge is 2.14. The van der Waals surface area contributed by atoms with E-state index in [1.54, 1.807) is 0 Å². The minimum Gasteiger partial charge on any atom is -0.134 e. The van der Waals surface area contributed by atoms with Gasteiger partial charge >= 0.3 is 0 Å². The number of fused-ring (bicyclic) bond motifs is 9. The summed E-state index contributed by atoms with van der Waals surface area (Å²) < 4.78 is 5.56. The van der Waals surface area contributed by atoms with Crippen molar-refractivity contribution in [1.29, 1.82) is 0 Å². The van der Waals surface area contributed by atoms with Gasteiger partial charge in [-0.2, -0.15) is 0 Å². The van der Waals surface area contributed by atoms with Crippen LogP contribution < -0.4 is 0 Å². The van der Waals surface area contributed by atoms with Gasteiger partial charge in [-0.3, -0.25) is 0 Å². The Bertz CT molecular complexity index is 3140. The Kier molecular flexibility index (Phi) is 6.09. The van der Waals surface area contributed by atoms with Gasteiger partial charge < -0.3 is 0 Å². The summed E-state index contributed by atoms with van der Waals surface area (Å²) in [7, 11) is 0. The van der Waals surface area contributed by atoms with E-state index in [0.717, 1.165) is 0 Å². The molecule has 0 saturated carbocycles. The monoisotopic (exact) mass is 668 g/mol. The van der Waals surface area contributed by atoms with Crippen LogP contribution in [0.3, 0.4) is 0 Å². The van der Waals surface area contributed by atoms with Gasteiger partial charge in [-0.05, 0) is 131 Å². The second kappa shape index (κ2) is 10.9. The molecule has 0 unspecified atom stereocenters. The first-order valence-electron chi connectivity index (χ1n) is 17.1. The van der Waals surface area contributed by atoms with Crippen LogP contribution in [0, 0.1) is 0 Å². The molecule has 0 atom stereocenters. The van der Waals surface area contributed by atoms with Gasteiger partial charge in [0.25, 0.3) is 0 Å². The SMILES string of the molecule is c1ccc(-c2ccc3cc(-c4ccc5cc(-c6ccc7cc8c(cc7c6)sc6c7cc9ccccc9cc7sc86)ccc5c4)ccc3c2)cc1. The summed E-state index contributed by atoms with van der Waals surface area (Å²) in [5.74, 6) is 0. The predicted octanol–water partition coefficient (Wildman–Crippen LogP) is 14.9. The standard InChI is InChI=1S/C48H28S2/c1-2-6-29(7-3-1)32-10-11-34-21-35(13-12-33(34)20-32)36-14-15-38-23-39(17-16-37(38)22-36)40-18-19-41-26-44-46(28-42(41)24-40)50-47-43-25-30-8-4-5-9-31(30)27-45(43)49-48(44)47/h1-28H. The molecule has 0 aliphatic carbocycles. The summed E-state index contributed by atoms with van der Waals surface area (Å²) in [6.07, 6.45) is 0. The molecule has 0 amide bonds. The first-order chi connectivity index (χ1) is 24.7. The van der Waals surface area contributed by atoms with Crippen molar-refractivity contribution >= 4 is 95.3 Å². The zero-order valence-corrected chi connectivity index (χ0v) is 28.6. The van der Waals surface area contributed by atoms with Crippen LogP contribution in [0.2, 0.25) is 0 Å². The summed E-state index contributed by atoms with van der Waals surface area (Å²) in [5, 5.41) is 13.0. The summed E-state index contributed by atoms with van der Waals surface area (Å²) in [6, 6.07) is 63.1. The third kappa shape index (κ3) is 4.50. The minimum absolute atomic E-state index is 1.24. The van der Waals surface area contributed by atoms with Crippen molar-refractivity contribution in [2.45, 2.75) is 0 Å². The van der Waals surface area contributed by atoms with Crippen LogP contribution in [0.15, 0.2) is 170 Å². The van der Waals surface area contributed by atoms with Crippen molar-refractivity contribution in [2.75, 3.05) is 0 Å². The first-order valence-corrected chi connectivity index (χ1v) is 18.7. The molecule has 0 aliphatic heterocycles. The number of thiophene rings is 2. The summed E-state index contributed by atoms with van der Waals surface area (Å²) in [5.41, 5.74) is 7.48. The number of benzene rings is 9. The lowest BCUT2D eigenvalue weighted by Gasteiger charge is -2.10. The molecule has 0 radical (unpaired) electrons. The Morgan fingerprint density at radius 3 is 1.06 bits per heavy atom. The van der Waals surface area contributed by atoms with Crippen molar-refractivity contribution < 1.29 is 0 Å². The predicted molar refractivity (Wildman–Crippen MR) is 221 cm³/mol. The molecule has 0 fully saturated rings. The average Bonchev–Trinajstić information content (AvgIpc) is 3.70. The highest BCUT2D eigenvalue weighted by molar-refractivity contribution is 7.36. The molecule has 2 heteroatoms. The Balaban J connectivity index is 0.929. The number of hydrogen-bond acceptors (Lipinski definition) is 2. The highest BCUT2D eigenvalue weighted by Crippen LogP contribution is 2.46. The van der Waals surface area contributed by atoms with Crippen molar-refractivity contribution in [3.8, 4) is 33.4 Å². The van der Waals surface area contributed by atoms with Gasteiger partial charge in [-0.1, -0.05) is 115 Å². The first kappa shape index (κ1) is 28.1. The molecule has 11 rings (SSSR count). The van der Waals surface area contributed by atoms with Crippen molar-refractivity contribution in [3.63, 3.8) is 0 Å². The average molecular weight is 669 g/mol. The Labute approximate surface area is 297 Å². The molecule has 0 bridgehead atoms. The molecular weight excluding hydrogens is 641 g/mol. The molecule has 0 saturated heterocycles. The summed E-state index contributed by atoms with van der Waals surface area (Å²) >= 11 is 3.87. The van der Waals surface area contributed by atoms with Crippen molar-refractivity contribution in [3.05, 3.63) is 170 Å². The van der Waals surface area contributed by atoms with E-state index in [1.165, 1.54) is 106 Å². The molecule has 0 nitrogen and oxygen atoms in total. The Morgan fingerprint density at radius 2 is 0.580 bits per heavy atom. The van der Waals surface area contributed by atoms with Gasteiger partial charge in [0.1, 0.15) is 0 Å². The third-order valence-electron chi connectivity index (χ3n) is 10.4. The molecule has 2 aromatic heterocycles. The fourth-order valence-electron chi connectivity index (χ4n) is 7.71. The van der Waals surface area contributed by atoms with Gasteiger partial charge in [-0.15, -0.1) is 22.7 Å². The molecule has 9 aromatic carbocycles. The van der Waals surface area contributed by atoms with Gasteiger partial charge in [-0.25, -0.2) is 0 Å². The molecule has 0 aliphatic rings. The highest BCUT2D eigenvalue weighted by atomic mass is 32.1. The topological polar surface area (TPSA) is 0 Å². The summed E-state index contributed by atoms with van der Waals surface area (Å²) in [6.45, 7) is 0. The second-order valence-electron chi connectivity index (χ2n) is 13.4. The normalized spacial score (nSPS) is 12.0. The maximum absolute atomic E-state index is 2.40. The van der Waals surface area contributed by atoms with E-state index >= 15 is 0 Å². The lowest BCUT2D eigenvalue weighted by Crippen LogP contribution is -1.84. The lowest BCUT2D eigenvalue weighted by atomic mass is 9.95. The van der Waals surface area contributed by atoms with Crippen LogP contribution in [0.1, 0.15) is 0 Å². The smallest absolute Gasteiger partial charge is 0.0542 e. The second-order valence-corrected chi connectivity index (χ2v) is 15.5. The van der Waals surface area contributed by atoms with E-state index in [9.17, 15) is 0 Å². The van der Waals surface area contributed by atoms with Gasteiger partial charge in [0.05, 0.1) is 9.40 Å². The Hall–Kier alpha value is -5.80. The molecule has 0 spiro atoms. The summed E-state index contributed by atoms with van der Waals surface area (Å²) in [4.78, 5) is 0. The van der Waals surface area contributed by atoms with Crippen molar-refractivity contribution in [2.24, 2.45) is 0 Å². The van der Waals surface area contributed by atoms with Crippen molar-refractivity contribution in [1.82, 2.24) is 0 Å². The molecule has 50 heavy (non-hydrogen) atoms. The zero-order valence-electron chi connectivity index (χ0n) is 27.0. The van der Waals surface area contributed by atoms with E-state index in [2.05, 4.69) is 170 Å². The van der Waals surface area contributed by atoms with Gasteiger partial charge in [0, 0.05) is 20.2 Å². The largest absolute Gasteiger partial charge is 0.134 e. The molecule has 11 aromatic rings. The molecular formula is C48H28S2. The fraction of sp³-hybridized carbons (Fsp3) is 0. The lowest BCUT2D eigenvalue weighted by molar-refractivity contribution is 1.63. The van der Waals surface area contributed by atoms with E-state index in [4.69, 9.17) is 0 Å². The van der Waals surface area contributed by atoms with E-state index in [1.807, 2.05) is 22.7 Å². The van der Waals surface area contributed by atoms with Crippen LogP contribution in [-0.2, 0) is 0 Å².